The van der Waals surface area contributed by atoms with E-state index in [1.54, 1.807) is 18.2 Å². The Morgan fingerprint density at radius 1 is 1.43 bits per heavy atom. The number of hydrogen-bond donors (Lipinski definition) is 2. The third kappa shape index (κ3) is 5.91. The van der Waals surface area contributed by atoms with Gasteiger partial charge in [-0.15, -0.1) is 0 Å². The first kappa shape index (κ1) is 17.8. The average Bonchev–Trinajstić information content (AvgIpc) is 2.38. The number of carbonyl (C=O) groups excluding carboxylic acids is 1. The molecule has 0 spiro atoms. The van der Waals surface area contributed by atoms with Crippen LogP contribution in [0.25, 0.3) is 0 Å². The number of hydrogen-bond acceptors (Lipinski definition) is 4. The third-order valence-electron chi connectivity index (χ3n) is 3.27. The number of likely N-dealkylation sites (N-methyl/N-ethyl adjacent to an activating group) is 2. The number of rotatable bonds is 7. The Labute approximate surface area is 132 Å². The van der Waals surface area contributed by atoms with Gasteiger partial charge in [0.2, 0.25) is 5.91 Å². The van der Waals surface area contributed by atoms with Crippen molar-refractivity contribution in [3.63, 3.8) is 0 Å². The fourth-order valence-corrected chi connectivity index (χ4v) is 2.47. The monoisotopic (exact) mass is 312 g/mol. The number of carbonyl (C=O) groups is 1. The SMILES string of the molecule is CCN(CC(=O)Nc1ccc(N)cc1Cl)C(C)CN(C)C. The van der Waals surface area contributed by atoms with Gasteiger partial charge in [0.1, 0.15) is 0 Å². The average molecular weight is 313 g/mol. The Bertz CT molecular complexity index is 479. The van der Waals surface area contributed by atoms with Gasteiger partial charge < -0.3 is 16.0 Å². The van der Waals surface area contributed by atoms with Gasteiger partial charge in [-0.3, -0.25) is 9.69 Å². The lowest BCUT2D eigenvalue weighted by Gasteiger charge is -2.29. The van der Waals surface area contributed by atoms with E-state index in [-0.39, 0.29) is 5.91 Å². The Morgan fingerprint density at radius 3 is 2.62 bits per heavy atom. The molecule has 0 aromatic heterocycles. The predicted molar refractivity (Wildman–Crippen MR) is 89.8 cm³/mol. The van der Waals surface area contributed by atoms with E-state index in [1.165, 1.54) is 0 Å². The molecule has 0 aliphatic heterocycles. The second-order valence-electron chi connectivity index (χ2n) is 5.46. The van der Waals surface area contributed by atoms with Crippen LogP contribution in [-0.2, 0) is 4.79 Å². The summed E-state index contributed by atoms with van der Waals surface area (Å²) in [7, 11) is 4.05. The number of nitrogens with two attached hydrogens (primary N) is 1. The van der Waals surface area contributed by atoms with E-state index in [9.17, 15) is 4.79 Å². The van der Waals surface area contributed by atoms with Crippen molar-refractivity contribution in [3.05, 3.63) is 23.2 Å². The fourth-order valence-electron chi connectivity index (χ4n) is 2.23. The van der Waals surface area contributed by atoms with Gasteiger partial charge in [0.25, 0.3) is 0 Å². The predicted octanol–water partition coefficient (Wildman–Crippen LogP) is 2.13. The summed E-state index contributed by atoms with van der Waals surface area (Å²) in [5.74, 6) is -0.0749. The number of anilines is 2. The van der Waals surface area contributed by atoms with Crippen LogP contribution in [0.3, 0.4) is 0 Å². The molecule has 5 nitrogen and oxygen atoms in total. The molecule has 21 heavy (non-hydrogen) atoms. The van der Waals surface area contributed by atoms with E-state index in [1.807, 2.05) is 14.1 Å². The van der Waals surface area contributed by atoms with Crippen molar-refractivity contribution in [2.45, 2.75) is 19.9 Å². The molecule has 1 unspecified atom stereocenters. The van der Waals surface area contributed by atoms with E-state index >= 15 is 0 Å². The van der Waals surface area contributed by atoms with Gasteiger partial charge in [0.05, 0.1) is 17.3 Å². The first-order valence-electron chi connectivity index (χ1n) is 7.07. The Hall–Kier alpha value is -1.30. The highest BCUT2D eigenvalue weighted by atomic mass is 35.5. The minimum Gasteiger partial charge on any atom is -0.399 e. The van der Waals surface area contributed by atoms with Crippen LogP contribution in [0.2, 0.25) is 5.02 Å². The quantitative estimate of drug-likeness (QED) is 0.757. The Kier molecular flexibility index (Phi) is 6.95. The highest BCUT2D eigenvalue weighted by Gasteiger charge is 2.17. The highest BCUT2D eigenvalue weighted by molar-refractivity contribution is 6.34. The van der Waals surface area contributed by atoms with Crippen LogP contribution in [0.15, 0.2) is 18.2 Å². The van der Waals surface area contributed by atoms with Crippen LogP contribution in [0.5, 0.6) is 0 Å². The van der Waals surface area contributed by atoms with Crippen LogP contribution in [0.1, 0.15) is 13.8 Å². The normalized spacial score (nSPS) is 12.7. The van der Waals surface area contributed by atoms with Crippen LogP contribution < -0.4 is 11.1 Å². The molecule has 0 heterocycles. The molecule has 1 rings (SSSR count). The van der Waals surface area contributed by atoms with Crippen molar-refractivity contribution in [1.82, 2.24) is 9.80 Å². The molecule has 0 radical (unpaired) electrons. The molecular formula is C15H25ClN4O. The van der Waals surface area contributed by atoms with Crippen LogP contribution >= 0.6 is 11.6 Å². The van der Waals surface area contributed by atoms with Crippen molar-refractivity contribution >= 4 is 28.9 Å². The number of amides is 1. The first-order chi connectivity index (χ1) is 9.83. The minimum absolute atomic E-state index is 0.0749. The zero-order chi connectivity index (χ0) is 16.0. The van der Waals surface area contributed by atoms with Crippen LogP contribution in [0.4, 0.5) is 11.4 Å². The number of nitrogens with one attached hydrogen (secondary N) is 1. The van der Waals surface area contributed by atoms with Crippen LogP contribution in [-0.4, -0.2) is 55.5 Å². The van der Waals surface area contributed by atoms with Gasteiger partial charge in [-0.25, -0.2) is 0 Å². The van der Waals surface area contributed by atoms with E-state index in [4.69, 9.17) is 17.3 Å². The summed E-state index contributed by atoms with van der Waals surface area (Å²) in [6.45, 7) is 6.23. The van der Waals surface area contributed by atoms with Gasteiger partial charge in [0, 0.05) is 18.3 Å². The van der Waals surface area contributed by atoms with Gasteiger partial charge >= 0.3 is 0 Å². The standard InChI is InChI=1S/C15H25ClN4O/c1-5-20(11(2)9-19(3)4)10-15(21)18-14-7-6-12(17)8-13(14)16/h6-8,11H,5,9-10,17H2,1-4H3,(H,18,21). The molecule has 6 heteroatoms. The molecule has 0 fully saturated rings. The van der Waals surface area contributed by atoms with Crippen molar-refractivity contribution in [3.8, 4) is 0 Å². The maximum Gasteiger partial charge on any atom is 0.238 e. The van der Waals surface area contributed by atoms with E-state index in [0.29, 0.717) is 29.0 Å². The minimum atomic E-state index is -0.0749. The molecule has 1 atom stereocenters. The Morgan fingerprint density at radius 2 is 2.10 bits per heavy atom. The summed E-state index contributed by atoms with van der Waals surface area (Å²) in [6.07, 6.45) is 0. The molecule has 0 saturated heterocycles. The third-order valence-corrected chi connectivity index (χ3v) is 3.59. The second-order valence-corrected chi connectivity index (χ2v) is 5.87. The molecule has 1 aromatic carbocycles. The topological polar surface area (TPSA) is 61.6 Å². The van der Waals surface area contributed by atoms with E-state index in [0.717, 1.165) is 13.1 Å². The van der Waals surface area contributed by atoms with Crippen molar-refractivity contribution in [2.24, 2.45) is 0 Å². The molecule has 118 valence electrons. The zero-order valence-electron chi connectivity index (χ0n) is 13.2. The molecular weight excluding hydrogens is 288 g/mol. The maximum absolute atomic E-state index is 12.2. The zero-order valence-corrected chi connectivity index (χ0v) is 13.9. The van der Waals surface area contributed by atoms with Crippen molar-refractivity contribution in [2.75, 3.05) is 44.8 Å². The number of nitrogen functional groups attached to an aromatic ring is 1. The summed E-state index contributed by atoms with van der Waals surface area (Å²) >= 11 is 6.06. The lowest BCUT2D eigenvalue weighted by Crippen LogP contribution is -2.43. The molecule has 0 aliphatic rings. The van der Waals surface area contributed by atoms with Crippen molar-refractivity contribution in [1.29, 1.82) is 0 Å². The molecule has 3 N–H and O–H groups in total. The first-order valence-corrected chi connectivity index (χ1v) is 7.45. The molecule has 1 aromatic rings. The second kappa shape index (κ2) is 8.22. The van der Waals surface area contributed by atoms with E-state index in [2.05, 4.69) is 29.0 Å². The molecule has 1 amide bonds. The summed E-state index contributed by atoms with van der Waals surface area (Å²) in [5.41, 5.74) is 6.80. The fraction of sp³-hybridized carbons (Fsp3) is 0.533. The highest BCUT2D eigenvalue weighted by Crippen LogP contribution is 2.23. The summed E-state index contributed by atoms with van der Waals surface area (Å²) in [4.78, 5) is 16.4. The van der Waals surface area contributed by atoms with Gasteiger partial charge in [-0.1, -0.05) is 18.5 Å². The van der Waals surface area contributed by atoms with E-state index < -0.39 is 0 Å². The van der Waals surface area contributed by atoms with Gasteiger partial charge in [-0.2, -0.15) is 0 Å². The lowest BCUT2D eigenvalue weighted by molar-refractivity contribution is -0.117. The summed E-state index contributed by atoms with van der Waals surface area (Å²) < 4.78 is 0. The summed E-state index contributed by atoms with van der Waals surface area (Å²) in [5, 5.41) is 3.28. The maximum atomic E-state index is 12.2. The van der Waals surface area contributed by atoms with Gasteiger partial charge in [-0.05, 0) is 45.8 Å². The van der Waals surface area contributed by atoms with Crippen LogP contribution in [0, 0.1) is 0 Å². The largest absolute Gasteiger partial charge is 0.399 e. The number of benzene rings is 1. The Balaban J connectivity index is 2.62. The number of halogens is 1. The lowest BCUT2D eigenvalue weighted by atomic mass is 10.2. The smallest absolute Gasteiger partial charge is 0.238 e. The van der Waals surface area contributed by atoms with Crippen molar-refractivity contribution < 1.29 is 4.79 Å². The number of nitrogens with zero attached hydrogens (tertiary/aromatic N) is 2. The molecule has 0 bridgehead atoms. The summed E-state index contributed by atoms with van der Waals surface area (Å²) in [6, 6.07) is 5.37. The van der Waals surface area contributed by atoms with Gasteiger partial charge in [0.15, 0.2) is 0 Å². The molecule has 0 aliphatic carbocycles. The molecule has 0 saturated carbocycles.